The third kappa shape index (κ3) is 3.53. The summed E-state index contributed by atoms with van der Waals surface area (Å²) >= 11 is 1.40. The molecule has 2 aromatic carbocycles. The summed E-state index contributed by atoms with van der Waals surface area (Å²) in [6.07, 6.45) is 1.99. The van der Waals surface area contributed by atoms with E-state index in [1.807, 2.05) is 77.0 Å². The molecule has 142 valence electrons. The number of para-hydroxylation sites is 1. The van der Waals surface area contributed by atoms with Crippen LogP contribution in [0.4, 0.5) is 5.69 Å². The standard InChI is InChI=1S/C21H21N5OS/c1-3-26-20(16-8-5-4-6-9-16)23-24-21(26)28-14-18(27)22-17-11-7-10-15-12-13-25(2)19(15)17/h4-13H,3,14H2,1-2H3,(H,22,27). The van der Waals surface area contributed by atoms with Gasteiger partial charge in [-0.15, -0.1) is 10.2 Å². The summed E-state index contributed by atoms with van der Waals surface area (Å²) < 4.78 is 4.04. The monoisotopic (exact) mass is 391 g/mol. The van der Waals surface area contributed by atoms with Gasteiger partial charge in [0.2, 0.25) is 5.91 Å². The van der Waals surface area contributed by atoms with Crippen LogP contribution < -0.4 is 5.32 Å². The van der Waals surface area contributed by atoms with Gasteiger partial charge in [0.25, 0.3) is 0 Å². The summed E-state index contributed by atoms with van der Waals surface area (Å²) in [6, 6.07) is 17.9. The Morgan fingerprint density at radius 1 is 1.07 bits per heavy atom. The molecule has 0 saturated carbocycles. The third-order valence-corrected chi connectivity index (χ3v) is 5.54. The van der Waals surface area contributed by atoms with Gasteiger partial charge in [0.15, 0.2) is 11.0 Å². The highest BCUT2D eigenvalue weighted by molar-refractivity contribution is 7.99. The molecule has 4 aromatic rings. The lowest BCUT2D eigenvalue weighted by atomic mass is 10.2. The van der Waals surface area contributed by atoms with Gasteiger partial charge in [-0.2, -0.15) is 0 Å². The Hall–Kier alpha value is -3.06. The number of carbonyl (C=O) groups excluding carboxylic acids is 1. The normalized spacial score (nSPS) is 11.1. The van der Waals surface area contributed by atoms with Crippen molar-refractivity contribution in [3.8, 4) is 11.4 Å². The molecule has 0 radical (unpaired) electrons. The van der Waals surface area contributed by atoms with Crippen molar-refractivity contribution >= 4 is 34.3 Å². The highest BCUT2D eigenvalue weighted by Gasteiger charge is 2.15. The maximum atomic E-state index is 12.5. The summed E-state index contributed by atoms with van der Waals surface area (Å²) in [7, 11) is 1.97. The highest BCUT2D eigenvalue weighted by Crippen LogP contribution is 2.26. The number of anilines is 1. The predicted molar refractivity (Wildman–Crippen MR) is 113 cm³/mol. The Bertz CT molecular complexity index is 1120. The number of thioether (sulfide) groups is 1. The number of aromatic nitrogens is 4. The number of amides is 1. The van der Waals surface area contributed by atoms with Crippen LogP contribution in [-0.2, 0) is 18.4 Å². The first-order chi connectivity index (χ1) is 13.7. The van der Waals surface area contributed by atoms with Gasteiger partial charge in [-0.1, -0.05) is 54.2 Å². The zero-order valence-corrected chi connectivity index (χ0v) is 16.6. The van der Waals surface area contributed by atoms with Gasteiger partial charge in [0.05, 0.1) is 17.0 Å². The zero-order chi connectivity index (χ0) is 19.5. The molecule has 0 aliphatic carbocycles. The van der Waals surface area contributed by atoms with Crippen molar-refractivity contribution in [2.75, 3.05) is 11.1 Å². The molecule has 6 nitrogen and oxygen atoms in total. The number of benzene rings is 2. The van der Waals surface area contributed by atoms with E-state index in [0.29, 0.717) is 0 Å². The van der Waals surface area contributed by atoms with Gasteiger partial charge < -0.3 is 14.5 Å². The maximum absolute atomic E-state index is 12.5. The Labute approximate surface area is 167 Å². The molecule has 2 aromatic heterocycles. The number of nitrogens with zero attached hydrogens (tertiary/aromatic N) is 4. The van der Waals surface area contributed by atoms with Crippen molar-refractivity contribution in [1.82, 2.24) is 19.3 Å². The first kappa shape index (κ1) is 18.3. The number of carbonyl (C=O) groups is 1. The Kier molecular flexibility index (Phi) is 5.16. The quantitative estimate of drug-likeness (QED) is 0.501. The minimum atomic E-state index is -0.0642. The van der Waals surface area contributed by atoms with Crippen LogP contribution in [0.15, 0.2) is 66.0 Å². The molecule has 7 heteroatoms. The molecule has 0 bridgehead atoms. The maximum Gasteiger partial charge on any atom is 0.234 e. The summed E-state index contributed by atoms with van der Waals surface area (Å²) in [5.74, 6) is 1.03. The van der Waals surface area contributed by atoms with E-state index in [2.05, 4.69) is 22.4 Å². The van der Waals surface area contributed by atoms with E-state index >= 15 is 0 Å². The molecule has 0 spiro atoms. The number of rotatable bonds is 6. The summed E-state index contributed by atoms with van der Waals surface area (Å²) in [6.45, 7) is 2.79. The number of fused-ring (bicyclic) bond motifs is 1. The van der Waals surface area contributed by atoms with E-state index in [1.165, 1.54) is 11.8 Å². The van der Waals surface area contributed by atoms with Crippen molar-refractivity contribution in [1.29, 1.82) is 0 Å². The molecule has 0 fully saturated rings. The first-order valence-electron chi connectivity index (χ1n) is 9.12. The van der Waals surface area contributed by atoms with Gasteiger partial charge >= 0.3 is 0 Å². The third-order valence-electron chi connectivity index (χ3n) is 4.57. The van der Waals surface area contributed by atoms with Gasteiger partial charge in [-0.3, -0.25) is 4.79 Å². The van der Waals surface area contributed by atoms with Crippen molar-refractivity contribution < 1.29 is 4.79 Å². The minimum Gasteiger partial charge on any atom is -0.349 e. The van der Waals surface area contributed by atoms with Crippen LogP contribution in [0.3, 0.4) is 0 Å². The van der Waals surface area contributed by atoms with E-state index in [1.54, 1.807) is 0 Å². The second-order valence-electron chi connectivity index (χ2n) is 6.42. The fraction of sp³-hybridized carbons (Fsp3) is 0.190. The van der Waals surface area contributed by atoms with Crippen molar-refractivity contribution in [2.24, 2.45) is 7.05 Å². The van der Waals surface area contributed by atoms with Gasteiger partial charge in [0, 0.05) is 30.7 Å². The second-order valence-corrected chi connectivity index (χ2v) is 7.37. The Balaban J connectivity index is 1.48. The smallest absolute Gasteiger partial charge is 0.234 e. The van der Waals surface area contributed by atoms with Crippen LogP contribution in [0.2, 0.25) is 0 Å². The Morgan fingerprint density at radius 3 is 2.68 bits per heavy atom. The van der Waals surface area contributed by atoms with Crippen LogP contribution >= 0.6 is 11.8 Å². The van der Waals surface area contributed by atoms with Crippen LogP contribution in [-0.4, -0.2) is 31.0 Å². The number of hydrogen-bond donors (Lipinski definition) is 1. The highest BCUT2D eigenvalue weighted by atomic mass is 32.2. The number of hydrogen-bond acceptors (Lipinski definition) is 4. The lowest BCUT2D eigenvalue weighted by Gasteiger charge is -2.09. The van der Waals surface area contributed by atoms with Gasteiger partial charge in [0.1, 0.15) is 0 Å². The van der Waals surface area contributed by atoms with Gasteiger partial charge in [-0.25, -0.2) is 0 Å². The number of nitrogens with one attached hydrogen (secondary N) is 1. The van der Waals surface area contributed by atoms with Crippen LogP contribution in [0.5, 0.6) is 0 Å². The predicted octanol–water partition coefficient (Wildman–Crippen LogP) is 4.19. The Morgan fingerprint density at radius 2 is 1.89 bits per heavy atom. The van der Waals surface area contributed by atoms with Crippen LogP contribution in [0.25, 0.3) is 22.3 Å². The van der Waals surface area contributed by atoms with E-state index in [9.17, 15) is 4.79 Å². The summed E-state index contributed by atoms with van der Waals surface area (Å²) in [5, 5.41) is 13.5. The van der Waals surface area contributed by atoms with E-state index in [0.717, 1.165) is 39.7 Å². The van der Waals surface area contributed by atoms with Crippen molar-refractivity contribution in [3.63, 3.8) is 0 Å². The van der Waals surface area contributed by atoms with Crippen molar-refractivity contribution in [3.05, 3.63) is 60.8 Å². The molecule has 28 heavy (non-hydrogen) atoms. The largest absolute Gasteiger partial charge is 0.349 e. The molecule has 0 aliphatic heterocycles. The average Bonchev–Trinajstić information content (AvgIpc) is 3.31. The molecule has 1 amide bonds. The lowest BCUT2D eigenvalue weighted by Crippen LogP contribution is -2.15. The van der Waals surface area contributed by atoms with Crippen molar-refractivity contribution in [2.45, 2.75) is 18.6 Å². The molecule has 0 saturated heterocycles. The molecule has 0 unspecified atom stereocenters. The summed E-state index contributed by atoms with van der Waals surface area (Å²) in [5.41, 5.74) is 2.85. The molecule has 0 atom stereocenters. The van der Waals surface area contributed by atoms with E-state index in [-0.39, 0.29) is 11.7 Å². The second kappa shape index (κ2) is 7.90. The minimum absolute atomic E-state index is 0.0642. The zero-order valence-electron chi connectivity index (χ0n) is 15.8. The average molecular weight is 392 g/mol. The summed E-state index contributed by atoms with van der Waals surface area (Å²) in [4.78, 5) is 12.5. The van der Waals surface area contributed by atoms with Crippen LogP contribution in [0.1, 0.15) is 6.92 Å². The molecular formula is C21H21N5OS. The number of aryl methyl sites for hydroxylation is 1. The van der Waals surface area contributed by atoms with E-state index in [4.69, 9.17) is 0 Å². The first-order valence-corrected chi connectivity index (χ1v) is 10.1. The fourth-order valence-electron chi connectivity index (χ4n) is 3.25. The topological polar surface area (TPSA) is 64.7 Å². The SMILES string of the molecule is CCn1c(SCC(=O)Nc2cccc3ccn(C)c23)nnc1-c1ccccc1. The fourth-order valence-corrected chi connectivity index (χ4v) is 4.06. The van der Waals surface area contributed by atoms with E-state index < -0.39 is 0 Å². The molecule has 0 aliphatic rings. The van der Waals surface area contributed by atoms with Gasteiger partial charge in [-0.05, 0) is 19.1 Å². The molecule has 2 heterocycles. The molecule has 1 N–H and O–H groups in total. The van der Waals surface area contributed by atoms with Crippen LogP contribution in [0, 0.1) is 0 Å². The lowest BCUT2D eigenvalue weighted by molar-refractivity contribution is -0.113. The molecular weight excluding hydrogens is 370 g/mol. The molecule has 4 rings (SSSR count).